The van der Waals surface area contributed by atoms with Crippen LogP contribution in [0.2, 0.25) is 0 Å². The molecule has 0 heterocycles. The summed E-state index contributed by atoms with van der Waals surface area (Å²) in [6.45, 7) is 6.50. The first-order valence-electron chi connectivity index (χ1n) is 6.38. The molecule has 0 aliphatic heterocycles. The fraction of sp³-hybridized carbons (Fsp3) is 1.00. The fourth-order valence-electron chi connectivity index (χ4n) is 1.39. The summed E-state index contributed by atoms with van der Waals surface area (Å²) in [7, 11) is -1.16. The van der Waals surface area contributed by atoms with E-state index < -0.39 is 9.84 Å². The van der Waals surface area contributed by atoms with E-state index >= 15 is 0 Å². The van der Waals surface area contributed by atoms with E-state index in [1.807, 2.05) is 0 Å². The van der Waals surface area contributed by atoms with Crippen molar-refractivity contribution < 1.29 is 13.2 Å². The number of sulfone groups is 1. The smallest absolute Gasteiger partial charge is 0.150 e. The van der Waals surface area contributed by atoms with E-state index in [1.54, 1.807) is 7.11 Å². The lowest BCUT2D eigenvalue weighted by Gasteiger charge is -2.07. The van der Waals surface area contributed by atoms with Crippen LogP contribution in [0.4, 0.5) is 0 Å². The second-order valence-corrected chi connectivity index (χ2v) is 7.09. The van der Waals surface area contributed by atoms with Crippen LogP contribution in [0.25, 0.3) is 0 Å². The predicted molar refractivity (Wildman–Crippen MR) is 72.1 cm³/mol. The third kappa shape index (κ3) is 12.1. The molecule has 0 fully saturated rings. The van der Waals surface area contributed by atoms with Gasteiger partial charge in [-0.2, -0.15) is 0 Å². The highest BCUT2D eigenvalue weighted by atomic mass is 32.2. The Balaban J connectivity index is 3.46. The van der Waals surface area contributed by atoms with Crippen molar-refractivity contribution in [1.82, 2.24) is 5.32 Å². The Hall–Kier alpha value is -0.130. The van der Waals surface area contributed by atoms with E-state index in [9.17, 15) is 8.42 Å². The largest absolute Gasteiger partial charge is 0.383 e. The second kappa shape index (κ2) is 9.85. The molecule has 0 aromatic heterocycles. The van der Waals surface area contributed by atoms with Gasteiger partial charge in [0.15, 0.2) is 0 Å². The molecule has 0 radical (unpaired) electrons. The van der Waals surface area contributed by atoms with Crippen LogP contribution in [0.15, 0.2) is 0 Å². The average molecular weight is 265 g/mol. The molecule has 0 spiro atoms. The molecule has 0 rings (SSSR count). The van der Waals surface area contributed by atoms with Crippen molar-refractivity contribution in [3.8, 4) is 0 Å². The Morgan fingerprint density at radius 2 is 1.82 bits per heavy atom. The Labute approximate surface area is 106 Å². The van der Waals surface area contributed by atoms with E-state index in [-0.39, 0.29) is 0 Å². The molecule has 0 aromatic rings. The van der Waals surface area contributed by atoms with Gasteiger partial charge < -0.3 is 10.1 Å². The first-order chi connectivity index (χ1) is 7.98. The quantitative estimate of drug-likeness (QED) is 0.575. The van der Waals surface area contributed by atoms with Gasteiger partial charge in [-0.3, -0.25) is 0 Å². The molecule has 0 aliphatic rings. The molecule has 4 nitrogen and oxygen atoms in total. The van der Waals surface area contributed by atoms with Crippen molar-refractivity contribution in [2.75, 3.05) is 38.3 Å². The van der Waals surface area contributed by atoms with Gasteiger partial charge in [-0.15, -0.1) is 0 Å². The van der Waals surface area contributed by atoms with Gasteiger partial charge in [0.05, 0.1) is 18.1 Å². The van der Waals surface area contributed by atoms with Crippen molar-refractivity contribution in [3.05, 3.63) is 0 Å². The third-order valence-corrected chi connectivity index (χ3v) is 4.32. The SMILES string of the molecule is COCCNCCCCS(=O)(=O)CCC(C)C. The van der Waals surface area contributed by atoms with Gasteiger partial charge in [-0.05, 0) is 31.7 Å². The van der Waals surface area contributed by atoms with Crippen molar-refractivity contribution >= 4 is 9.84 Å². The molecule has 17 heavy (non-hydrogen) atoms. The lowest BCUT2D eigenvalue weighted by molar-refractivity contribution is 0.199. The first kappa shape index (κ1) is 16.9. The highest BCUT2D eigenvalue weighted by Gasteiger charge is 2.10. The molecular weight excluding hydrogens is 238 g/mol. The molecule has 0 aromatic carbocycles. The number of ether oxygens (including phenoxy) is 1. The summed E-state index contributed by atoms with van der Waals surface area (Å²) in [5, 5.41) is 3.20. The van der Waals surface area contributed by atoms with Gasteiger partial charge in [-0.1, -0.05) is 13.8 Å². The minimum atomic E-state index is -2.83. The van der Waals surface area contributed by atoms with Crippen LogP contribution in [0, 0.1) is 5.92 Å². The minimum Gasteiger partial charge on any atom is -0.383 e. The van der Waals surface area contributed by atoms with Gasteiger partial charge in [0.1, 0.15) is 9.84 Å². The zero-order valence-electron chi connectivity index (χ0n) is 11.4. The number of hydrogen-bond acceptors (Lipinski definition) is 4. The molecule has 5 heteroatoms. The molecule has 104 valence electrons. The van der Waals surface area contributed by atoms with E-state index in [2.05, 4.69) is 19.2 Å². The number of methoxy groups -OCH3 is 1. The predicted octanol–water partition coefficient (Wildman–Crippen LogP) is 1.46. The number of unbranched alkanes of at least 4 members (excludes halogenated alkanes) is 1. The standard InChI is InChI=1S/C12H27NO3S/c1-12(2)6-11-17(14,15)10-5-4-7-13-8-9-16-3/h12-13H,4-11H2,1-3H3. The summed E-state index contributed by atoms with van der Waals surface area (Å²) < 4.78 is 28.2. The molecule has 0 saturated carbocycles. The Morgan fingerprint density at radius 3 is 2.41 bits per heavy atom. The lowest BCUT2D eigenvalue weighted by Crippen LogP contribution is -2.21. The number of rotatable bonds is 11. The van der Waals surface area contributed by atoms with Gasteiger partial charge in [0.25, 0.3) is 0 Å². The van der Waals surface area contributed by atoms with Crippen molar-refractivity contribution in [2.45, 2.75) is 33.1 Å². The van der Waals surface area contributed by atoms with Crippen LogP contribution < -0.4 is 5.32 Å². The number of nitrogens with one attached hydrogen (secondary N) is 1. The molecular formula is C12H27NO3S. The van der Waals surface area contributed by atoms with Crippen molar-refractivity contribution in [3.63, 3.8) is 0 Å². The van der Waals surface area contributed by atoms with Crippen LogP contribution in [-0.2, 0) is 14.6 Å². The van der Waals surface area contributed by atoms with Crippen LogP contribution in [0.3, 0.4) is 0 Å². The van der Waals surface area contributed by atoms with Crippen molar-refractivity contribution in [1.29, 1.82) is 0 Å². The monoisotopic (exact) mass is 265 g/mol. The second-order valence-electron chi connectivity index (χ2n) is 4.78. The van der Waals surface area contributed by atoms with Crippen molar-refractivity contribution in [2.24, 2.45) is 5.92 Å². The van der Waals surface area contributed by atoms with Gasteiger partial charge in [0, 0.05) is 13.7 Å². The molecule has 0 saturated heterocycles. The Morgan fingerprint density at radius 1 is 1.12 bits per heavy atom. The molecule has 0 atom stereocenters. The molecule has 1 N–H and O–H groups in total. The zero-order chi connectivity index (χ0) is 13.1. The van der Waals surface area contributed by atoms with Crippen LogP contribution >= 0.6 is 0 Å². The summed E-state index contributed by atoms with van der Waals surface area (Å²) in [4.78, 5) is 0. The van der Waals surface area contributed by atoms with E-state index in [0.29, 0.717) is 24.0 Å². The maximum atomic E-state index is 11.6. The van der Waals surface area contributed by atoms with Gasteiger partial charge in [-0.25, -0.2) is 8.42 Å². The first-order valence-corrected chi connectivity index (χ1v) is 8.20. The average Bonchev–Trinajstić information content (AvgIpc) is 2.25. The molecule has 0 amide bonds. The third-order valence-electron chi connectivity index (χ3n) is 2.55. The van der Waals surface area contributed by atoms with E-state index in [4.69, 9.17) is 4.74 Å². The van der Waals surface area contributed by atoms with E-state index in [0.717, 1.165) is 32.4 Å². The minimum absolute atomic E-state index is 0.325. The maximum absolute atomic E-state index is 11.6. The number of hydrogen-bond donors (Lipinski definition) is 1. The Bertz CT molecular complexity index is 263. The van der Waals surface area contributed by atoms with Crippen LogP contribution in [-0.4, -0.2) is 46.7 Å². The summed E-state index contributed by atoms with van der Waals surface area (Å²) >= 11 is 0. The van der Waals surface area contributed by atoms with Crippen LogP contribution in [0.1, 0.15) is 33.1 Å². The maximum Gasteiger partial charge on any atom is 0.150 e. The highest BCUT2D eigenvalue weighted by Crippen LogP contribution is 2.05. The highest BCUT2D eigenvalue weighted by molar-refractivity contribution is 7.91. The summed E-state index contributed by atoms with van der Waals surface area (Å²) in [5.41, 5.74) is 0. The zero-order valence-corrected chi connectivity index (χ0v) is 12.2. The fourth-order valence-corrected chi connectivity index (χ4v) is 3.07. The van der Waals surface area contributed by atoms with E-state index in [1.165, 1.54) is 0 Å². The topological polar surface area (TPSA) is 55.4 Å². The molecule has 0 aliphatic carbocycles. The summed E-state index contributed by atoms with van der Waals surface area (Å²) in [6, 6.07) is 0. The van der Waals surface area contributed by atoms with Crippen LogP contribution in [0.5, 0.6) is 0 Å². The summed E-state index contributed by atoms with van der Waals surface area (Å²) in [6.07, 6.45) is 2.43. The normalized spacial score (nSPS) is 12.2. The molecule has 0 bridgehead atoms. The van der Waals surface area contributed by atoms with Gasteiger partial charge in [0.2, 0.25) is 0 Å². The van der Waals surface area contributed by atoms with Gasteiger partial charge >= 0.3 is 0 Å². The molecule has 0 unspecified atom stereocenters. The Kier molecular flexibility index (Phi) is 9.78. The lowest BCUT2D eigenvalue weighted by atomic mass is 10.2. The summed E-state index contributed by atoms with van der Waals surface area (Å²) in [5.74, 6) is 1.12.